The van der Waals surface area contributed by atoms with E-state index >= 15 is 0 Å². The van der Waals surface area contributed by atoms with Crippen molar-refractivity contribution in [1.29, 1.82) is 0 Å². The first kappa shape index (κ1) is 15.1. The van der Waals surface area contributed by atoms with Gasteiger partial charge in [0.1, 0.15) is 0 Å². The van der Waals surface area contributed by atoms with Crippen molar-refractivity contribution in [2.75, 3.05) is 19.6 Å². The van der Waals surface area contributed by atoms with E-state index in [9.17, 15) is 0 Å². The van der Waals surface area contributed by atoms with Gasteiger partial charge in [-0.3, -0.25) is 4.90 Å². The Kier molecular flexibility index (Phi) is 4.82. The average molecular weight is 272 g/mol. The van der Waals surface area contributed by atoms with E-state index in [0.717, 1.165) is 25.2 Å². The number of hydrogen-bond acceptors (Lipinski definition) is 3. The molecule has 1 saturated heterocycles. The van der Waals surface area contributed by atoms with Gasteiger partial charge in [0.2, 0.25) is 0 Å². The normalized spacial score (nSPS) is 22.1. The largest absolute Gasteiger partial charge is 0.370 e. The van der Waals surface area contributed by atoms with Crippen molar-refractivity contribution in [2.45, 2.75) is 39.0 Å². The summed E-state index contributed by atoms with van der Waals surface area (Å²) in [5.74, 6) is 6.10. The first-order valence-electron chi connectivity index (χ1n) is 7.17. The van der Waals surface area contributed by atoms with Crippen LogP contribution in [0.25, 0.3) is 0 Å². The third kappa shape index (κ3) is 4.08. The molecule has 0 bridgehead atoms. The Morgan fingerprint density at radius 3 is 2.85 bits per heavy atom. The molecule has 2 N–H and O–H groups in total. The molecule has 0 aliphatic carbocycles. The van der Waals surface area contributed by atoms with Crippen molar-refractivity contribution in [1.82, 2.24) is 4.90 Å². The first-order chi connectivity index (χ1) is 9.50. The maximum Gasteiger partial charge on any atom is 0.0757 e. The second kappa shape index (κ2) is 6.41. The van der Waals surface area contributed by atoms with Gasteiger partial charge < -0.3 is 10.5 Å². The van der Waals surface area contributed by atoms with Gasteiger partial charge in [0.25, 0.3) is 0 Å². The third-order valence-corrected chi connectivity index (χ3v) is 3.38. The summed E-state index contributed by atoms with van der Waals surface area (Å²) >= 11 is 0. The van der Waals surface area contributed by atoms with E-state index in [1.165, 1.54) is 5.56 Å². The average Bonchev–Trinajstić information content (AvgIpc) is 2.35. The minimum absolute atomic E-state index is 0.0878. The molecule has 1 aliphatic heterocycles. The van der Waals surface area contributed by atoms with Gasteiger partial charge in [-0.2, -0.15) is 0 Å². The summed E-state index contributed by atoms with van der Waals surface area (Å²) in [5.41, 5.74) is 7.72. The molecule has 0 aromatic heterocycles. The van der Waals surface area contributed by atoms with Gasteiger partial charge in [-0.1, -0.05) is 30.0 Å². The Hall–Kier alpha value is -1.34. The Morgan fingerprint density at radius 1 is 1.40 bits per heavy atom. The molecular formula is C17H24N2O. The SMILES string of the molecule is CC1CN(Cc2ccccc2C#CCN)CC(C)(C)O1. The summed E-state index contributed by atoms with van der Waals surface area (Å²) in [6.07, 6.45) is 0.265. The molecule has 2 rings (SSSR count). The number of benzene rings is 1. The van der Waals surface area contributed by atoms with Crippen LogP contribution < -0.4 is 5.73 Å². The van der Waals surface area contributed by atoms with Crippen molar-refractivity contribution in [2.24, 2.45) is 5.73 Å². The fraction of sp³-hybridized carbons (Fsp3) is 0.529. The van der Waals surface area contributed by atoms with Crippen LogP contribution in [0.2, 0.25) is 0 Å². The standard InChI is InChI=1S/C17H24N2O/c1-14-11-19(13-17(2,3)20-14)12-16-8-5-4-7-15(16)9-6-10-18/h4-5,7-8,14H,10-13,18H2,1-3H3. The van der Waals surface area contributed by atoms with E-state index < -0.39 is 0 Å². The zero-order chi connectivity index (χ0) is 14.6. The maximum atomic E-state index is 5.95. The van der Waals surface area contributed by atoms with E-state index in [-0.39, 0.29) is 11.7 Å². The van der Waals surface area contributed by atoms with Crippen LogP contribution in [0.1, 0.15) is 31.9 Å². The summed E-state index contributed by atoms with van der Waals surface area (Å²) in [7, 11) is 0. The van der Waals surface area contributed by atoms with Gasteiger partial charge in [0.05, 0.1) is 18.2 Å². The van der Waals surface area contributed by atoms with Gasteiger partial charge in [-0.05, 0) is 32.4 Å². The topological polar surface area (TPSA) is 38.5 Å². The molecular weight excluding hydrogens is 248 g/mol. The third-order valence-electron chi connectivity index (χ3n) is 3.38. The highest BCUT2D eigenvalue weighted by molar-refractivity contribution is 5.41. The lowest BCUT2D eigenvalue weighted by atomic mass is 10.0. The van der Waals surface area contributed by atoms with Crippen LogP contribution in [0.4, 0.5) is 0 Å². The van der Waals surface area contributed by atoms with E-state index in [1.807, 2.05) is 6.07 Å². The monoisotopic (exact) mass is 272 g/mol. The molecule has 1 aromatic rings. The molecule has 20 heavy (non-hydrogen) atoms. The highest BCUT2D eigenvalue weighted by Gasteiger charge is 2.31. The molecule has 108 valence electrons. The first-order valence-corrected chi connectivity index (χ1v) is 7.17. The van der Waals surface area contributed by atoms with Crippen LogP contribution in [0.3, 0.4) is 0 Å². The number of ether oxygens (including phenoxy) is 1. The molecule has 0 saturated carbocycles. The molecule has 1 aliphatic rings. The van der Waals surface area contributed by atoms with Crippen molar-refractivity contribution in [3.63, 3.8) is 0 Å². The van der Waals surface area contributed by atoms with Crippen LogP contribution in [-0.2, 0) is 11.3 Å². The quantitative estimate of drug-likeness (QED) is 0.837. The Balaban J connectivity index is 2.13. The molecule has 1 atom stereocenters. The predicted molar refractivity (Wildman–Crippen MR) is 82.3 cm³/mol. The highest BCUT2D eigenvalue weighted by atomic mass is 16.5. The fourth-order valence-electron chi connectivity index (χ4n) is 2.87. The number of rotatable bonds is 2. The van der Waals surface area contributed by atoms with E-state index in [2.05, 4.69) is 55.7 Å². The van der Waals surface area contributed by atoms with Gasteiger partial charge >= 0.3 is 0 Å². The van der Waals surface area contributed by atoms with Crippen molar-refractivity contribution >= 4 is 0 Å². The van der Waals surface area contributed by atoms with E-state index in [4.69, 9.17) is 10.5 Å². The molecule has 1 unspecified atom stereocenters. The molecule has 1 aromatic carbocycles. The summed E-state index contributed by atoms with van der Waals surface area (Å²) < 4.78 is 5.95. The van der Waals surface area contributed by atoms with Gasteiger partial charge in [0, 0.05) is 25.2 Å². The Bertz CT molecular complexity index is 513. The summed E-state index contributed by atoms with van der Waals surface area (Å²) in [6, 6.07) is 8.30. The molecule has 0 amide bonds. The molecule has 3 heteroatoms. The van der Waals surface area contributed by atoms with Crippen molar-refractivity contribution in [3.8, 4) is 11.8 Å². The van der Waals surface area contributed by atoms with Crippen LogP contribution in [0.15, 0.2) is 24.3 Å². The number of nitrogens with two attached hydrogens (primary N) is 1. The number of nitrogens with zero attached hydrogens (tertiary/aromatic N) is 1. The van der Waals surface area contributed by atoms with Gasteiger partial charge in [-0.25, -0.2) is 0 Å². The van der Waals surface area contributed by atoms with Crippen molar-refractivity contribution in [3.05, 3.63) is 35.4 Å². The van der Waals surface area contributed by atoms with Crippen molar-refractivity contribution < 1.29 is 4.74 Å². The number of morpholine rings is 1. The summed E-state index contributed by atoms with van der Waals surface area (Å²) in [4.78, 5) is 2.44. The van der Waals surface area contributed by atoms with Crippen LogP contribution >= 0.6 is 0 Å². The number of hydrogen-bond donors (Lipinski definition) is 1. The second-order valence-corrected chi connectivity index (χ2v) is 6.02. The molecule has 0 spiro atoms. The summed E-state index contributed by atoms with van der Waals surface area (Å²) in [5, 5.41) is 0. The lowest BCUT2D eigenvalue weighted by Gasteiger charge is -2.41. The maximum absolute atomic E-state index is 5.95. The predicted octanol–water partition coefficient (Wildman–Crippen LogP) is 2.00. The molecule has 0 radical (unpaired) electrons. The van der Waals surface area contributed by atoms with Gasteiger partial charge in [-0.15, -0.1) is 0 Å². The molecule has 3 nitrogen and oxygen atoms in total. The van der Waals surface area contributed by atoms with Crippen LogP contribution in [0, 0.1) is 11.8 Å². The smallest absolute Gasteiger partial charge is 0.0757 e. The Morgan fingerprint density at radius 2 is 2.15 bits per heavy atom. The lowest BCUT2D eigenvalue weighted by Crippen LogP contribution is -2.51. The van der Waals surface area contributed by atoms with E-state index in [0.29, 0.717) is 6.54 Å². The zero-order valence-electron chi connectivity index (χ0n) is 12.6. The minimum atomic E-state index is -0.0878. The fourth-order valence-corrected chi connectivity index (χ4v) is 2.87. The van der Waals surface area contributed by atoms with Crippen LogP contribution in [-0.4, -0.2) is 36.2 Å². The molecule has 1 heterocycles. The highest BCUT2D eigenvalue weighted by Crippen LogP contribution is 2.23. The lowest BCUT2D eigenvalue weighted by molar-refractivity contribution is -0.130. The summed E-state index contributed by atoms with van der Waals surface area (Å²) in [6.45, 7) is 9.64. The second-order valence-electron chi connectivity index (χ2n) is 6.02. The zero-order valence-corrected chi connectivity index (χ0v) is 12.6. The Labute approximate surface area is 122 Å². The molecule has 1 fully saturated rings. The van der Waals surface area contributed by atoms with Crippen LogP contribution in [0.5, 0.6) is 0 Å². The van der Waals surface area contributed by atoms with Gasteiger partial charge in [0.15, 0.2) is 0 Å². The van der Waals surface area contributed by atoms with E-state index in [1.54, 1.807) is 0 Å². The minimum Gasteiger partial charge on any atom is -0.370 e.